The van der Waals surface area contributed by atoms with Gasteiger partial charge in [0.25, 0.3) is 5.91 Å². The summed E-state index contributed by atoms with van der Waals surface area (Å²) < 4.78 is 39.2. The molecule has 1 heterocycles. The molecular formula is C17H13ClF2N2O4. The monoisotopic (exact) mass is 382 g/mol. The number of halogens is 3. The Kier molecular flexibility index (Phi) is 6.58. The smallest absolute Gasteiger partial charge is 0.387 e. The molecule has 1 aromatic carbocycles. The molecule has 136 valence electrons. The highest BCUT2D eigenvalue weighted by molar-refractivity contribution is 6.32. The summed E-state index contributed by atoms with van der Waals surface area (Å²) in [4.78, 5) is 12.1. The van der Waals surface area contributed by atoms with Gasteiger partial charge in [-0.2, -0.15) is 14.0 Å². The number of amides is 1. The van der Waals surface area contributed by atoms with Crippen LogP contribution in [-0.2, 0) is 11.3 Å². The molecule has 0 saturated heterocycles. The summed E-state index contributed by atoms with van der Waals surface area (Å²) in [7, 11) is 1.25. The number of ether oxygens (including phenoxy) is 2. The SMILES string of the molecule is COc1cc(/C=C(\C#N)C(=O)NCc2ccco2)cc(Cl)c1OC(F)F. The summed E-state index contributed by atoms with van der Waals surface area (Å²) in [5.74, 6) is -0.500. The number of hydrogen-bond acceptors (Lipinski definition) is 5. The fourth-order valence-corrected chi connectivity index (χ4v) is 2.28. The first-order chi connectivity index (χ1) is 12.4. The number of alkyl halides is 2. The van der Waals surface area contributed by atoms with Crippen molar-refractivity contribution in [3.8, 4) is 17.6 Å². The minimum absolute atomic E-state index is 0.0580. The van der Waals surface area contributed by atoms with Crippen molar-refractivity contribution in [3.63, 3.8) is 0 Å². The Morgan fingerprint density at radius 3 is 2.85 bits per heavy atom. The van der Waals surface area contributed by atoms with Crippen molar-refractivity contribution in [2.75, 3.05) is 7.11 Å². The number of nitrogens with zero attached hydrogens (tertiary/aromatic N) is 1. The number of methoxy groups -OCH3 is 1. The summed E-state index contributed by atoms with van der Waals surface area (Å²) in [6.45, 7) is -2.97. The zero-order chi connectivity index (χ0) is 19.1. The lowest BCUT2D eigenvalue weighted by Crippen LogP contribution is -2.23. The molecule has 26 heavy (non-hydrogen) atoms. The normalized spacial score (nSPS) is 11.2. The van der Waals surface area contributed by atoms with E-state index in [1.54, 1.807) is 18.2 Å². The van der Waals surface area contributed by atoms with E-state index in [0.29, 0.717) is 11.3 Å². The van der Waals surface area contributed by atoms with Crippen LogP contribution in [0.5, 0.6) is 11.5 Å². The third-order valence-electron chi connectivity index (χ3n) is 3.14. The van der Waals surface area contributed by atoms with Gasteiger partial charge in [-0.05, 0) is 35.9 Å². The second kappa shape index (κ2) is 8.87. The first-order valence-electron chi connectivity index (χ1n) is 7.19. The van der Waals surface area contributed by atoms with E-state index in [-0.39, 0.29) is 28.6 Å². The van der Waals surface area contributed by atoms with Crippen molar-refractivity contribution in [2.45, 2.75) is 13.2 Å². The van der Waals surface area contributed by atoms with Gasteiger partial charge >= 0.3 is 6.61 Å². The van der Waals surface area contributed by atoms with Gasteiger partial charge in [0.1, 0.15) is 17.4 Å². The highest BCUT2D eigenvalue weighted by Crippen LogP contribution is 2.37. The van der Waals surface area contributed by atoms with Gasteiger partial charge in [-0.25, -0.2) is 0 Å². The van der Waals surface area contributed by atoms with Crippen molar-refractivity contribution < 1.29 is 27.5 Å². The molecule has 1 aromatic heterocycles. The van der Waals surface area contributed by atoms with Crippen molar-refractivity contribution in [2.24, 2.45) is 0 Å². The van der Waals surface area contributed by atoms with Crippen LogP contribution >= 0.6 is 11.6 Å². The van der Waals surface area contributed by atoms with E-state index in [1.165, 1.54) is 31.6 Å². The van der Waals surface area contributed by atoms with Crippen LogP contribution in [0.25, 0.3) is 6.08 Å². The maximum atomic E-state index is 12.4. The average molecular weight is 383 g/mol. The molecule has 0 spiro atoms. The van der Waals surface area contributed by atoms with E-state index in [9.17, 15) is 18.8 Å². The first-order valence-corrected chi connectivity index (χ1v) is 7.57. The Bertz CT molecular complexity index is 845. The number of hydrogen-bond donors (Lipinski definition) is 1. The van der Waals surface area contributed by atoms with Crippen molar-refractivity contribution >= 4 is 23.6 Å². The number of furan rings is 1. The second-order valence-electron chi connectivity index (χ2n) is 4.84. The predicted octanol–water partition coefficient (Wildman–Crippen LogP) is 3.77. The van der Waals surface area contributed by atoms with E-state index in [2.05, 4.69) is 10.1 Å². The minimum Gasteiger partial charge on any atom is -0.493 e. The standard InChI is InChI=1S/C17H13ClF2N2O4/c1-24-14-7-10(6-13(18)15(14)26-17(19)20)5-11(8-21)16(23)22-9-12-3-2-4-25-12/h2-7,17H,9H2,1H3,(H,22,23)/b11-5+. The van der Waals surface area contributed by atoms with Gasteiger partial charge in [-0.3, -0.25) is 4.79 Å². The lowest BCUT2D eigenvalue weighted by atomic mass is 10.1. The zero-order valence-corrected chi connectivity index (χ0v) is 14.2. The van der Waals surface area contributed by atoms with Crippen molar-refractivity contribution in [1.29, 1.82) is 5.26 Å². The van der Waals surface area contributed by atoms with E-state index in [4.69, 9.17) is 20.8 Å². The topological polar surface area (TPSA) is 84.5 Å². The number of rotatable bonds is 7. The fourth-order valence-electron chi connectivity index (χ4n) is 2.02. The van der Waals surface area contributed by atoms with Crippen LogP contribution in [0.1, 0.15) is 11.3 Å². The Labute approximate surface area is 152 Å². The largest absolute Gasteiger partial charge is 0.493 e. The van der Waals surface area contributed by atoms with Gasteiger partial charge < -0.3 is 19.2 Å². The van der Waals surface area contributed by atoms with Gasteiger partial charge in [0, 0.05) is 0 Å². The second-order valence-corrected chi connectivity index (χ2v) is 5.25. The highest BCUT2D eigenvalue weighted by Gasteiger charge is 2.17. The van der Waals surface area contributed by atoms with Crippen LogP contribution in [0.3, 0.4) is 0 Å². The molecule has 0 unspecified atom stereocenters. The summed E-state index contributed by atoms with van der Waals surface area (Å²) >= 11 is 5.93. The Morgan fingerprint density at radius 1 is 1.50 bits per heavy atom. The lowest BCUT2D eigenvalue weighted by Gasteiger charge is -2.12. The number of carbonyl (C=O) groups is 1. The third kappa shape index (κ3) is 4.97. The van der Waals surface area contributed by atoms with Gasteiger partial charge in [-0.15, -0.1) is 0 Å². The molecule has 0 fully saturated rings. The summed E-state index contributed by atoms with van der Waals surface area (Å²) in [6.07, 6.45) is 2.71. The maximum absolute atomic E-state index is 12.4. The van der Waals surface area contributed by atoms with Crippen LogP contribution in [0.15, 0.2) is 40.5 Å². The molecule has 0 bridgehead atoms. The lowest BCUT2D eigenvalue weighted by molar-refractivity contribution is -0.117. The predicted molar refractivity (Wildman–Crippen MR) is 88.8 cm³/mol. The van der Waals surface area contributed by atoms with E-state index >= 15 is 0 Å². The van der Waals surface area contributed by atoms with E-state index < -0.39 is 12.5 Å². The molecule has 0 aliphatic rings. The molecule has 9 heteroatoms. The molecule has 1 N–H and O–H groups in total. The summed E-state index contributed by atoms with van der Waals surface area (Å²) in [6, 6.07) is 7.70. The highest BCUT2D eigenvalue weighted by atomic mass is 35.5. The minimum atomic E-state index is -3.08. The Morgan fingerprint density at radius 2 is 2.27 bits per heavy atom. The third-order valence-corrected chi connectivity index (χ3v) is 3.42. The molecule has 0 saturated carbocycles. The molecule has 2 aromatic rings. The zero-order valence-electron chi connectivity index (χ0n) is 13.5. The van der Waals surface area contributed by atoms with E-state index in [0.717, 1.165) is 0 Å². The Hall–Kier alpha value is -3.05. The van der Waals surface area contributed by atoms with E-state index in [1.807, 2.05) is 0 Å². The van der Waals surface area contributed by atoms with Crippen LogP contribution in [-0.4, -0.2) is 19.6 Å². The average Bonchev–Trinajstić information content (AvgIpc) is 3.12. The molecule has 0 aliphatic carbocycles. The number of benzene rings is 1. The summed E-state index contributed by atoms with van der Waals surface area (Å²) in [5, 5.41) is 11.6. The number of carbonyl (C=O) groups excluding carboxylic acids is 1. The van der Waals surface area contributed by atoms with Crippen LogP contribution in [0.2, 0.25) is 5.02 Å². The van der Waals surface area contributed by atoms with Gasteiger partial charge in [0.2, 0.25) is 0 Å². The summed E-state index contributed by atoms with van der Waals surface area (Å²) in [5.41, 5.74) is 0.0929. The molecule has 2 rings (SSSR count). The van der Waals surface area contributed by atoms with Crippen LogP contribution < -0.4 is 14.8 Å². The Balaban J connectivity index is 2.23. The molecule has 0 aliphatic heterocycles. The molecule has 1 amide bonds. The number of nitriles is 1. The molecular weight excluding hydrogens is 370 g/mol. The van der Waals surface area contributed by atoms with Gasteiger partial charge in [0.05, 0.1) is 24.9 Å². The van der Waals surface area contributed by atoms with Crippen LogP contribution in [0, 0.1) is 11.3 Å². The van der Waals surface area contributed by atoms with Gasteiger partial charge in [-0.1, -0.05) is 11.6 Å². The quantitative estimate of drug-likeness (QED) is 0.582. The van der Waals surface area contributed by atoms with Crippen molar-refractivity contribution in [3.05, 3.63) is 52.4 Å². The van der Waals surface area contributed by atoms with Crippen molar-refractivity contribution in [1.82, 2.24) is 5.32 Å². The maximum Gasteiger partial charge on any atom is 0.387 e. The fraction of sp³-hybridized carbons (Fsp3) is 0.176. The first kappa shape index (κ1) is 19.3. The van der Waals surface area contributed by atoms with Crippen LogP contribution in [0.4, 0.5) is 8.78 Å². The molecule has 6 nitrogen and oxygen atoms in total. The van der Waals surface area contributed by atoms with Gasteiger partial charge in [0.15, 0.2) is 11.5 Å². The molecule has 0 atom stereocenters. The molecule has 0 radical (unpaired) electrons. The number of nitrogens with one attached hydrogen (secondary N) is 1.